The lowest BCUT2D eigenvalue weighted by atomic mass is 10.0. The largest absolute Gasteiger partial charge is 0.285 e. The number of primary sulfonamides is 1. The molecule has 0 aliphatic carbocycles. The van der Waals surface area contributed by atoms with E-state index in [2.05, 4.69) is 15.4 Å². The molecular weight excluding hydrogens is 447 g/mol. The van der Waals surface area contributed by atoms with E-state index in [-0.39, 0.29) is 35.2 Å². The SMILES string of the molecule is NS(=O)(=O)c1cc(-c2nc3ccccc3c(F)c2C(=O)NN2CCC(F)(F)CC2)ccn1. The number of carbonyl (C=O) groups excluding carboxylic acids is 1. The number of para-hydroxylation sites is 1. The number of carbonyl (C=O) groups is 1. The first-order valence-corrected chi connectivity index (χ1v) is 11.1. The second-order valence-corrected chi connectivity index (χ2v) is 8.89. The summed E-state index contributed by atoms with van der Waals surface area (Å²) in [4.78, 5) is 21.1. The monoisotopic (exact) mass is 465 g/mol. The smallest absolute Gasteiger partial charge is 0.270 e. The van der Waals surface area contributed by atoms with E-state index < -0.39 is 51.1 Å². The van der Waals surface area contributed by atoms with Gasteiger partial charge in [0.05, 0.1) is 11.2 Å². The molecule has 1 fully saturated rings. The first-order chi connectivity index (χ1) is 15.0. The van der Waals surface area contributed by atoms with Crippen molar-refractivity contribution in [2.75, 3.05) is 13.1 Å². The van der Waals surface area contributed by atoms with Gasteiger partial charge in [0.2, 0.25) is 0 Å². The Hall–Kier alpha value is -3.09. The van der Waals surface area contributed by atoms with Crippen molar-refractivity contribution >= 4 is 26.8 Å². The summed E-state index contributed by atoms with van der Waals surface area (Å²) >= 11 is 0. The Bertz CT molecular complexity index is 1310. The number of halogens is 3. The van der Waals surface area contributed by atoms with Crippen molar-refractivity contribution < 1.29 is 26.4 Å². The molecule has 4 rings (SSSR count). The van der Waals surface area contributed by atoms with E-state index in [1.165, 1.54) is 23.2 Å². The van der Waals surface area contributed by atoms with Crippen molar-refractivity contribution in [3.63, 3.8) is 0 Å². The number of pyridine rings is 2. The van der Waals surface area contributed by atoms with Crippen LogP contribution in [0.1, 0.15) is 23.2 Å². The number of alkyl halides is 2. The van der Waals surface area contributed by atoms with Crippen LogP contribution < -0.4 is 10.6 Å². The third-order valence-electron chi connectivity index (χ3n) is 5.11. The molecule has 168 valence electrons. The number of hydrogen-bond donors (Lipinski definition) is 2. The first-order valence-electron chi connectivity index (χ1n) is 9.56. The van der Waals surface area contributed by atoms with Crippen LogP contribution in [0.15, 0.2) is 47.6 Å². The van der Waals surface area contributed by atoms with Gasteiger partial charge in [-0.1, -0.05) is 12.1 Å². The predicted octanol–water partition coefficient (Wildman–Crippen LogP) is 2.46. The average molecular weight is 465 g/mol. The highest BCUT2D eigenvalue weighted by atomic mass is 32.2. The Kier molecular flexibility index (Phi) is 5.61. The van der Waals surface area contributed by atoms with Crippen LogP contribution in [0.2, 0.25) is 0 Å². The average Bonchev–Trinajstić information content (AvgIpc) is 2.74. The van der Waals surface area contributed by atoms with Gasteiger partial charge in [0.1, 0.15) is 11.4 Å². The molecule has 0 saturated carbocycles. The Labute approximate surface area is 181 Å². The number of aromatic nitrogens is 2. The summed E-state index contributed by atoms with van der Waals surface area (Å²) < 4.78 is 65.7. The maximum absolute atomic E-state index is 15.5. The number of nitrogens with two attached hydrogens (primary N) is 1. The van der Waals surface area contributed by atoms with Gasteiger partial charge in [-0.3, -0.25) is 10.2 Å². The number of nitrogens with one attached hydrogen (secondary N) is 1. The van der Waals surface area contributed by atoms with E-state index in [0.717, 1.165) is 12.3 Å². The molecule has 0 atom stereocenters. The van der Waals surface area contributed by atoms with Crippen LogP contribution in [0.3, 0.4) is 0 Å². The van der Waals surface area contributed by atoms with Crippen LogP contribution in [0.4, 0.5) is 13.2 Å². The zero-order chi connectivity index (χ0) is 23.1. The number of rotatable bonds is 4. The Morgan fingerprint density at radius 2 is 1.84 bits per heavy atom. The molecule has 3 heterocycles. The minimum atomic E-state index is -4.17. The molecule has 1 saturated heterocycles. The number of piperidine rings is 1. The predicted molar refractivity (Wildman–Crippen MR) is 110 cm³/mol. The molecule has 0 spiro atoms. The zero-order valence-electron chi connectivity index (χ0n) is 16.6. The molecule has 0 unspecified atom stereocenters. The molecule has 1 aliphatic rings. The van der Waals surface area contributed by atoms with Crippen LogP contribution in [0.25, 0.3) is 22.2 Å². The highest BCUT2D eigenvalue weighted by Gasteiger charge is 2.35. The van der Waals surface area contributed by atoms with Crippen LogP contribution in [0.5, 0.6) is 0 Å². The fourth-order valence-corrected chi connectivity index (χ4v) is 3.94. The van der Waals surface area contributed by atoms with Gasteiger partial charge in [0.15, 0.2) is 5.03 Å². The highest BCUT2D eigenvalue weighted by molar-refractivity contribution is 7.89. The first kappa shape index (κ1) is 22.1. The Balaban J connectivity index is 1.81. The number of nitrogens with zero attached hydrogens (tertiary/aromatic N) is 3. The summed E-state index contributed by atoms with van der Waals surface area (Å²) in [7, 11) is -4.17. The van der Waals surface area contributed by atoms with Crippen molar-refractivity contribution in [3.05, 3.63) is 54.0 Å². The second-order valence-electron chi connectivity index (χ2n) is 7.38. The zero-order valence-corrected chi connectivity index (χ0v) is 17.4. The Morgan fingerprint density at radius 1 is 1.16 bits per heavy atom. The number of amides is 1. The van der Waals surface area contributed by atoms with Crippen molar-refractivity contribution in [1.82, 2.24) is 20.4 Å². The number of hydrogen-bond acceptors (Lipinski definition) is 6. The number of hydrazine groups is 1. The molecule has 1 aromatic carbocycles. The molecule has 1 amide bonds. The third kappa shape index (κ3) is 4.42. The third-order valence-corrected chi connectivity index (χ3v) is 5.92. The Morgan fingerprint density at radius 3 is 2.53 bits per heavy atom. The van der Waals surface area contributed by atoms with E-state index in [9.17, 15) is 22.0 Å². The molecule has 3 aromatic rings. The molecule has 1 aliphatic heterocycles. The summed E-state index contributed by atoms with van der Waals surface area (Å²) in [5.74, 6) is -4.59. The fraction of sp³-hybridized carbons (Fsp3) is 0.250. The van der Waals surface area contributed by atoms with Gasteiger partial charge in [-0.25, -0.2) is 41.7 Å². The van der Waals surface area contributed by atoms with Gasteiger partial charge < -0.3 is 0 Å². The number of fused-ring (bicyclic) bond motifs is 1. The second kappa shape index (κ2) is 8.11. The number of benzene rings is 1. The van der Waals surface area contributed by atoms with E-state index in [1.54, 1.807) is 12.1 Å². The van der Waals surface area contributed by atoms with Gasteiger partial charge in [-0.15, -0.1) is 0 Å². The topological polar surface area (TPSA) is 118 Å². The maximum atomic E-state index is 15.5. The molecular formula is C20H18F3N5O3S. The van der Waals surface area contributed by atoms with Crippen molar-refractivity contribution in [1.29, 1.82) is 0 Å². The molecule has 12 heteroatoms. The van der Waals surface area contributed by atoms with Crippen LogP contribution >= 0.6 is 0 Å². The normalized spacial score (nSPS) is 16.8. The van der Waals surface area contributed by atoms with Gasteiger partial charge in [-0.2, -0.15) is 0 Å². The van der Waals surface area contributed by atoms with E-state index in [1.807, 2.05) is 0 Å². The van der Waals surface area contributed by atoms with Gasteiger partial charge in [0, 0.05) is 43.1 Å². The quantitative estimate of drug-likeness (QED) is 0.611. The molecule has 2 aromatic heterocycles. The lowest BCUT2D eigenvalue weighted by molar-refractivity contribution is -0.0631. The van der Waals surface area contributed by atoms with E-state index >= 15 is 4.39 Å². The molecule has 8 nitrogen and oxygen atoms in total. The summed E-state index contributed by atoms with van der Waals surface area (Å²) in [6.45, 7) is -0.219. The van der Waals surface area contributed by atoms with Crippen LogP contribution in [-0.4, -0.2) is 48.3 Å². The lowest BCUT2D eigenvalue weighted by Gasteiger charge is -2.31. The summed E-state index contributed by atoms with van der Waals surface area (Å²) in [6, 6.07) is 8.65. The summed E-state index contributed by atoms with van der Waals surface area (Å²) in [5, 5.41) is 6.03. The van der Waals surface area contributed by atoms with Crippen molar-refractivity contribution in [2.45, 2.75) is 23.8 Å². The highest BCUT2D eigenvalue weighted by Crippen LogP contribution is 2.31. The standard InChI is InChI=1S/C20H18F3N5O3S/c21-17-13-3-1-2-4-14(13)26-18(12-5-8-25-15(11-12)32(24,30)31)16(17)19(29)27-28-9-6-20(22,23)7-10-28/h1-5,8,11H,6-7,9-10H2,(H,27,29)(H2,24,30,31). The summed E-state index contributed by atoms with van der Waals surface area (Å²) in [5.41, 5.74) is 2.21. The lowest BCUT2D eigenvalue weighted by Crippen LogP contribution is -2.49. The minimum Gasteiger partial charge on any atom is -0.285 e. The molecule has 32 heavy (non-hydrogen) atoms. The summed E-state index contributed by atoms with van der Waals surface area (Å²) in [6.07, 6.45) is 0.263. The van der Waals surface area contributed by atoms with Gasteiger partial charge >= 0.3 is 0 Å². The minimum absolute atomic E-state index is 0.0762. The van der Waals surface area contributed by atoms with Crippen molar-refractivity contribution in [2.24, 2.45) is 5.14 Å². The molecule has 0 radical (unpaired) electrons. The molecule has 3 N–H and O–H groups in total. The van der Waals surface area contributed by atoms with Crippen LogP contribution in [0, 0.1) is 5.82 Å². The van der Waals surface area contributed by atoms with E-state index in [4.69, 9.17) is 5.14 Å². The van der Waals surface area contributed by atoms with Gasteiger partial charge in [-0.05, 0) is 24.3 Å². The fourth-order valence-electron chi connectivity index (χ4n) is 3.45. The van der Waals surface area contributed by atoms with Crippen LogP contribution in [-0.2, 0) is 10.0 Å². The van der Waals surface area contributed by atoms with Crippen molar-refractivity contribution in [3.8, 4) is 11.3 Å². The molecule has 0 bridgehead atoms. The maximum Gasteiger partial charge on any atom is 0.270 e. The number of sulfonamides is 1. The van der Waals surface area contributed by atoms with Gasteiger partial charge in [0.25, 0.3) is 21.9 Å². The van der Waals surface area contributed by atoms with E-state index in [0.29, 0.717) is 0 Å².